The fraction of sp³-hybridized carbons (Fsp3) is 0.444. The standard InChI is InChI=1S/C18H20FN3O2S/c19-12-6-4-11(5-7-12)18-22-14-3-1-2-13(16(14)25-18)21-17(23)15-10-20-8-9-24-15/h4-7,13,15,20H,1-3,8-10H2,(H,21,23). The summed E-state index contributed by atoms with van der Waals surface area (Å²) in [7, 11) is 0. The van der Waals surface area contributed by atoms with Gasteiger partial charge in [-0.05, 0) is 43.5 Å². The van der Waals surface area contributed by atoms with Crippen molar-refractivity contribution in [2.45, 2.75) is 31.4 Å². The maximum absolute atomic E-state index is 13.1. The molecule has 4 rings (SSSR count). The van der Waals surface area contributed by atoms with E-state index in [4.69, 9.17) is 9.72 Å². The van der Waals surface area contributed by atoms with Crippen LogP contribution in [0.15, 0.2) is 24.3 Å². The number of nitrogens with one attached hydrogen (secondary N) is 2. The Morgan fingerprint density at radius 2 is 2.20 bits per heavy atom. The summed E-state index contributed by atoms with van der Waals surface area (Å²) < 4.78 is 18.7. The highest BCUT2D eigenvalue weighted by atomic mass is 32.1. The Morgan fingerprint density at radius 1 is 1.36 bits per heavy atom. The van der Waals surface area contributed by atoms with E-state index in [0.29, 0.717) is 13.2 Å². The van der Waals surface area contributed by atoms with Crippen LogP contribution in [0.3, 0.4) is 0 Å². The van der Waals surface area contributed by atoms with Gasteiger partial charge in [-0.15, -0.1) is 11.3 Å². The van der Waals surface area contributed by atoms with Gasteiger partial charge in [0.15, 0.2) is 0 Å². The predicted molar refractivity (Wildman–Crippen MR) is 93.9 cm³/mol. The molecule has 2 unspecified atom stereocenters. The van der Waals surface area contributed by atoms with E-state index < -0.39 is 6.10 Å². The van der Waals surface area contributed by atoms with Gasteiger partial charge in [0.05, 0.1) is 23.2 Å². The lowest BCUT2D eigenvalue weighted by Gasteiger charge is -2.27. The van der Waals surface area contributed by atoms with E-state index in [2.05, 4.69) is 10.6 Å². The molecular weight excluding hydrogens is 341 g/mol. The van der Waals surface area contributed by atoms with E-state index >= 15 is 0 Å². The van der Waals surface area contributed by atoms with Crippen LogP contribution in [0.2, 0.25) is 0 Å². The molecule has 1 aromatic carbocycles. The molecule has 2 atom stereocenters. The van der Waals surface area contributed by atoms with Gasteiger partial charge in [0, 0.05) is 18.7 Å². The fourth-order valence-corrected chi connectivity index (χ4v) is 4.47. The van der Waals surface area contributed by atoms with Crippen LogP contribution in [-0.2, 0) is 16.0 Å². The summed E-state index contributed by atoms with van der Waals surface area (Å²) >= 11 is 1.59. The van der Waals surface area contributed by atoms with E-state index in [1.165, 1.54) is 12.1 Å². The molecule has 0 saturated carbocycles. The molecule has 0 radical (unpaired) electrons. The molecule has 1 amide bonds. The van der Waals surface area contributed by atoms with Crippen LogP contribution in [0.1, 0.15) is 29.5 Å². The highest BCUT2D eigenvalue weighted by Gasteiger charge is 2.29. The summed E-state index contributed by atoms with van der Waals surface area (Å²) in [6.07, 6.45) is 2.39. The lowest BCUT2D eigenvalue weighted by Crippen LogP contribution is -2.48. The Bertz CT molecular complexity index is 756. The van der Waals surface area contributed by atoms with Crippen LogP contribution in [0, 0.1) is 5.82 Å². The minimum atomic E-state index is -0.427. The molecule has 1 aliphatic carbocycles. The van der Waals surface area contributed by atoms with Gasteiger partial charge >= 0.3 is 0 Å². The van der Waals surface area contributed by atoms with Crippen LogP contribution < -0.4 is 10.6 Å². The zero-order valence-electron chi connectivity index (χ0n) is 13.8. The summed E-state index contributed by atoms with van der Waals surface area (Å²) in [5, 5.41) is 7.18. The van der Waals surface area contributed by atoms with E-state index in [0.717, 1.165) is 46.9 Å². The van der Waals surface area contributed by atoms with Crippen LogP contribution in [0.25, 0.3) is 10.6 Å². The van der Waals surface area contributed by atoms with Gasteiger partial charge in [-0.25, -0.2) is 9.37 Å². The lowest BCUT2D eigenvalue weighted by atomic mass is 9.98. The number of amides is 1. The smallest absolute Gasteiger partial charge is 0.250 e. The number of hydrogen-bond donors (Lipinski definition) is 2. The molecule has 2 aliphatic rings. The highest BCUT2D eigenvalue weighted by molar-refractivity contribution is 7.15. The van der Waals surface area contributed by atoms with Crippen molar-refractivity contribution in [1.82, 2.24) is 15.6 Å². The number of aryl methyl sites for hydroxylation is 1. The third-order valence-electron chi connectivity index (χ3n) is 4.58. The number of fused-ring (bicyclic) bond motifs is 1. The Balaban J connectivity index is 1.53. The Hall–Kier alpha value is -1.83. The van der Waals surface area contributed by atoms with Gasteiger partial charge in [0.2, 0.25) is 0 Å². The Labute approximate surface area is 149 Å². The van der Waals surface area contributed by atoms with Crippen LogP contribution in [-0.4, -0.2) is 36.7 Å². The lowest BCUT2D eigenvalue weighted by molar-refractivity contribution is -0.135. The van der Waals surface area contributed by atoms with Gasteiger partial charge in [-0.3, -0.25) is 4.79 Å². The van der Waals surface area contributed by atoms with Gasteiger partial charge in [-0.1, -0.05) is 0 Å². The largest absolute Gasteiger partial charge is 0.366 e. The van der Waals surface area contributed by atoms with Crippen molar-refractivity contribution < 1.29 is 13.9 Å². The second-order valence-corrected chi connectivity index (χ2v) is 7.38. The predicted octanol–water partition coefficient (Wildman–Crippen LogP) is 2.43. The number of thiazole rings is 1. The van der Waals surface area contributed by atoms with Crippen molar-refractivity contribution >= 4 is 17.2 Å². The zero-order chi connectivity index (χ0) is 17.2. The van der Waals surface area contributed by atoms with E-state index in [1.807, 2.05) is 0 Å². The normalized spacial score (nSPS) is 23.1. The molecule has 0 bridgehead atoms. The van der Waals surface area contributed by atoms with Crippen molar-refractivity contribution in [3.05, 3.63) is 40.7 Å². The summed E-state index contributed by atoms with van der Waals surface area (Å²) in [6, 6.07) is 6.36. The van der Waals surface area contributed by atoms with Crippen molar-refractivity contribution in [2.75, 3.05) is 19.7 Å². The number of carbonyl (C=O) groups excluding carboxylic acids is 1. The molecule has 1 saturated heterocycles. The number of ether oxygens (including phenoxy) is 1. The SMILES string of the molecule is O=C(NC1CCCc2nc(-c3ccc(F)cc3)sc21)C1CNCCO1. The third-order valence-corrected chi connectivity index (χ3v) is 5.84. The van der Waals surface area contributed by atoms with Crippen LogP contribution >= 0.6 is 11.3 Å². The van der Waals surface area contributed by atoms with E-state index in [9.17, 15) is 9.18 Å². The summed E-state index contributed by atoms with van der Waals surface area (Å²) in [5.74, 6) is -0.321. The molecule has 0 spiro atoms. The first-order chi connectivity index (χ1) is 12.2. The number of rotatable bonds is 3. The topological polar surface area (TPSA) is 63.2 Å². The van der Waals surface area contributed by atoms with Crippen molar-refractivity contribution in [3.63, 3.8) is 0 Å². The number of aromatic nitrogens is 1. The number of morpholine rings is 1. The maximum atomic E-state index is 13.1. The molecular formula is C18H20FN3O2S. The first-order valence-electron chi connectivity index (χ1n) is 8.59. The minimum absolute atomic E-state index is 0.0199. The molecule has 1 aromatic heterocycles. The average Bonchev–Trinajstić information content (AvgIpc) is 3.08. The first-order valence-corrected chi connectivity index (χ1v) is 9.40. The van der Waals surface area contributed by atoms with Crippen molar-refractivity contribution in [2.24, 2.45) is 0 Å². The monoisotopic (exact) mass is 361 g/mol. The number of hydrogen-bond acceptors (Lipinski definition) is 5. The van der Waals surface area contributed by atoms with E-state index in [-0.39, 0.29) is 17.8 Å². The van der Waals surface area contributed by atoms with E-state index in [1.54, 1.807) is 23.5 Å². The quantitative estimate of drug-likeness (QED) is 0.881. The molecule has 2 heterocycles. The summed E-state index contributed by atoms with van der Waals surface area (Å²) in [4.78, 5) is 18.3. The second kappa shape index (κ2) is 7.19. The molecule has 5 nitrogen and oxygen atoms in total. The molecule has 1 fully saturated rings. The Kier molecular flexibility index (Phi) is 4.78. The second-order valence-electron chi connectivity index (χ2n) is 6.35. The summed E-state index contributed by atoms with van der Waals surface area (Å²) in [5.41, 5.74) is 1.95. The maximum Gasteiger partial charge on any atom is 0.250 e. The highest BCUT2D eigenvalue weighted by Crippen LogP contribution is 2.38. The van der Waals surface area contributed by atoms with Gasteiger partial charge in [0.25, 0.3) is 5.91 Å². The number of benzene rings is 1. The third kappa shape index (κ3) is 3.58. The number of halogens is 1. The molecule has 2 aromatic rings. The zero-order valence-corrected chi connectivity index (χ0v) is 14.6. The van der Waals surface area contributed by atoms with Crippen LogP contribution in [0.4, 0.5) is 4.39 Å². The molecule has 25 heavy (non-hydrogen) atoms. The number of carbonyl (C=O) groups is 1. The van der Waals surface area contributed by atoms with Crippen LogP contribution in [0.5, 0.6) is 0 Å². The van der Waals surface area contributed by atoms with Gasteiger partial charge in [0.1, 0.15) is 16.9 Å². The van der Waals surface area contributed by atoms with Crippen molar-refractivity contribution in [1.29, 1.82) is 0 Å². The van der Waals surface area contributed by atoms with Gasteiger partial charge in [-0.2, -0.15) is 0 Å². The number of nitrogens with zero attached hydrogens (tertiary/aromatic N) is 1. The first kappa shape index (κ1) is 16.6. The summed E-state index contributed by atoms with van der Waals surface area (Å²) in [6.45, 7) is 1.89. The molecule has 2 N–H and O–H groups in total. The molecule has 132 valence electrons. The van der Waals surface area contributed by atoms with Crippen molar-refractivity contribution in [3.8, 4) is 10.6 Å². The Morgan fingerprint density at radius 3 is 2.96 bits per heavy atom. The molecule has 1 aliphatic heterocycles. The fourth-order valence-electron chi connectivity index (χ4n) is 3.27. The molecule has 7 heteroatoms. The minimum Gasteiger partial charge on any atom is -0.366 e. The average molecular weight is 361 g/mol. The van der Waals surface area contributed by atoms with Gasteiger partial charge < -0.3 is 15.4 Å².